The van der Waals surface area contributed by atoms with Crippen molar-refractivity contribution in [3.63, 3.8) is 0 Å². The summed E-state index contributed by atoms with van der Waals surface area (Å²) in [5.41, 5.74) is 0.653. The van der Waals surface area contributed by atoms with E-state index in [0.717, 1.165) is 36.5 Å². The van der Waals surface area contributed by atoms with Crippen molar-refractivity contribution in [1.29, 1.82) is 0 Å². The van der Waals surface area contributed by atoms with Crippen molar-refractivity contribution in [2.45, 2.75) is 24.9 Å². The van der Waals surface area contributed by atoms with E-state index >= 15 is 0 Å². The van der Waals surface area contributed by atoms with Crippen molar-refractivity contribution in [1.82, 2.24) is 15.5 Å². The lowest BCUT2D eigenvalue weighted by molar-refractivity contribution is -0.0622. The highest BCUT2D eigenvalue weighted by molar-refractivity contribution is 6.30. The van der Waals surface area contributed by atoms with Crippen molar-refractivity contribution < 1.29 is 9.26 Å². The van der Waals surface area contributed by atoms with E-state index in [9.17, 15) is 0 Å². The molecule has 0 radical (unpaired) electrons. The molecular formula is C15H18ClN3O2. The quantitative estimate of drug-likeness (QED) is 0.940. The lowest BCUT2D eigenvalue weighted by atomic mass is 9.92. The van der Waals surface area contributed by atoms with Gasteiger partial charge >= 0.3 is 0 Å². The summed E-state index contributed by atoms with van der Waals surface area (Å²) >= 11 is 5.89. The molecule has 0 bridgehead atoms. The monoisotopic (exact) mass is 307 g/mol. The fourth-order valence-electron chi connectivity index (χ4n) is 2.63. The molecule has 5 nitrogen and oxygen atoms in total. The highest BCUT2D eigenvalue weighted by atomic mass is 35.5. The second-order valence-corrected chi connectivity index (χ2v) is 5.70. The Morgan fingerprint density at radius 1 is 1.29 bits per heavy atom. The van der Waals surface area contributed by atoms with Crippen LogP contribution in [0, 0.1) is 0 Å². The van der Waals surface area contributed by atoms with Gasteiger partial charge in [-0.2, -0.15) is 4.98 Å². The van der Waals surface area contributed by atoms with Crippen molar-refractivity contribution in [3.05, 3.63) is 46.6 Å². The van der Waals surface area contributed by atoms with Crippen molar-refractivity contribution in [2.75, 3.05) is 20.2 Å². The predicted molar refractivity (Wildman–Crippen MR) is 79.3 cm³/mol. The number of halogens is 1. The third-order valence-corrected chi connectivity index (χ3v) is 4.19. The molecule has 1 fully saturated rings. The molecule has 0 spiro atoms. The molecule has 1 aliphatic rings. The number of nitrogens with one attached hydrogen (secondary N) is 1. The first kappa shape index (κ1) is 14.5. The van der Waals surface area contributed by atoms with Gasteiger partial charge in [-0.3, -0.25) is 0 Å². The molecule has 0 amide bonds. The Hall–Kier alpha value is -1.43. The van der Waals surface area contributed by atoms with Gasteiger partial charge in [0.05, 0.1) is 0 Å². The minimum atomic E-state index is -0.448. The van der Waals surface area contributed by atoms with Gasteiger partial charge in [0.2, 0.25) is 0 Å². The molecule has 0 saturated carbocycles. The smallest absolute Gasteiger partial charge is 0.258 e. The maximum Gasteiger partial charge on any atom is 0.258 e. The Morgan fingerprint density at radius 3 is 2.67 bits per heavy atom. The minimum Gasteiger partial charge on any atom is -0.368 e. The van der Waals surface area contributed by atoms with Gasteiger partial charge < -0.3 is 14.6 Å². The molecular weight excluding hydrogens is 290 g/mol. The van der Waals surface area contributed by atoms with E-state index in [1.165, 1.54) is 0 Å². The van der Waals surface area contributed by atoms with Crippen LogP contribution in [-0.2, 0) is 16.8 Å². The van der Waals surface area contributed by atoms with Crippen LogP contribution in [0.25, 0.3) is 0 Å². The zero-order valence-corrected chi connectivity index (χ0v) is 12.7. The maximum absolute atomic E-state index is 5.89. The molecule has 0 atom stereocenters. The van der Waals surface area contributed by atoms with E-state index in [4.69, 9.17) is 20.9 Å². The van der Waals surface area contributed by atoms with Crippen LogP contribution in [0.1, 0.15) is 30.1 Å². The summed E-state index contributed by atoms with van der Waals surface area (Å²) in [5.74, 6) is 1.25. The Bertz CT molecular complexity index is 591. The largest absolute Gasteiger partial charge is 0.368 e. The molecule has 1 saturated heterocycles. The number of hydrogen-bond donors (Lipinski definition) is 1. The summed E-state index contributed by atoms with van der Waals surface area (Å²) in [6, 6.07) is 7.66. The number of nitrogens with zero attached hydrogens (tertiary/aromatic N) is 2. The van der Waals surface area contributed by atoms with Crippen LogP contribution < -0.4 is 5.32 Å². The van der Waals surface area contributed by atoms with Crippen LogP contribution in [0.5, 0.6) is 0 Å². The first-order valence-corrected chi connectivity index (χ1v) is 7.43. The maximum atomic E-state index is 5.89. The second kappa shape index (κ2) is 6.13. The Labute approximate surface area is 128 Å². The summed E-state index contributed by atoms with van der Waals surface area (Å²) in [7, 11) is 1.70. The average Bonchev–Trinajstić information content (AvgIpc) is 2.99. The number of piperidine rings is 1. The molecule has 0 aliphatic carbocycles. The normalized spacial score (nSPS) is 17.8. The SMILES string of the molecule is COC1(c2nc(Cc3ccc(Cl)cc3)no2)CCNCC1. The zero-order chi connectivity index (χ0) is 14.7. The lowest BCUT2D eigenvalue weighted by Gasteiger charge is -2.32. The second-order valence-electron chi connectivity index (χ2n) is 5.27. The molecule has 112 valence electrons. The highest BCUT2D eigenvalue weighted by Gasteiger charge is 2.39. The fraction of sp³-hybridized carbons (Fsp3) is 0.467. The standard InChI is InChI=1S/C15H18ClN3O2/c1-20-15(6-8-17-9-7-15)14-18-13(19-21-14)10-11-2-4-12(16)5-3-11/h2-5,17H,6-10H2,1H3. The molecule has 6 heteroatoms. The van der Waals surface area contributed by atoms with Gasteiger partial charge in [-0.15, -0.1) is 0 Å². The van der Waals surface area contributed by atoms with Crippen molar-refractivity contribution in [2.24, 2.45) is 0 Å². The third-order valence-electron chi connectivity index (χ3n) is 3.94. The molecule has 1 aromatic heterocycles. The number of hydrogen-bond acceptors (Lipinski definition) is 5. The van der Waals surface area contributed by atoms with Crippen molar-refractivity contribution >= 4 is 11.6 Å². The van der Waals surface area contributed by atoms with Crippen LogP contribution in [0.2, 0.25) is 5.02 Å². The van der Waals surface area contributed by atoms with Gasteiger partial charge in [0.25, 0.3) is 5.89 Å². The van der Waals surface area contributed by atoms with Gasteiger partial charge in [-0.25, -0.2) is 0 Å². The van der Waals surface area contributed by atoms with Gasteiger partial charge in [-0.05, 0) is 43.6 Å². The van der Waals surface area contributed by atoms with E-state index in [0.29, 0.717) is 18.1 Å². The van der Waals surface area contributed by atoms with Gasteiger partial charge in [0.1, 0.15) is 5.60 Å². The summed E-state index contributed by atoms with van der Waals surface area (Å²) in [6.07, 6.45) is 2.30. The topological polar surface area (TPSA) is 60.2 Å². The number of rotatable bonds is 4. The number of methoxy groups -OCH3 is 1. The predicted octanol–water partition coefficient (Wildman–Crippen LogP) is 2.54. The van der Waals surface area contributed by atoms with E-state index < -0.39 is 5.60 Å². The molecule has 0 unspecified atom stereocenters. The molecule has 2 heterocycles. The third kappa shape index (κ3) is 3.10. The van der Waals surface area contributed by atoms with E-state index in [-0.39, 0.29) is 0 Å². The first-order valence-electron chi connectivity index (χ1n) is 7.05. The zero-order valence-electron chi connectivity index (χ0n) is 11.9. The van der Waals surface area contributed by atoms with Gasteiger partial charge in [0, 0.05) is 18.6 Å². The van der Waals surface area contributed by atoms with E-state index in [1.54, 1.807) is 7.11 Å². The van der Waals surface area contributed by atoms with E-state index in [2.05, 4.69) is 15.5 Å². The molecule has 1 aliphatic heterocycles. The summed E-state index contributed by atoms with van der Waals surface area (Å²) in [6.45, 7) is 1.78. The van der Waals surface area contributed by atoms with Crippen LogP contribution in [0.4, 0.5) is 0 Å². The summed E-state index contributed by atoms with van der Waals surface area (Å²) in [5, 5.41) is 8.12. The van der Waals surface area contributed by atoms with Crippen LogP contribution in [-0.4, -0.2) is 30.3 Å². The Kier molecular flexibility index (Phi) is 4.24. The summed E-state index contributed by atoms with van der Waals surface area (Å²) in [4.78, 5) is 4.53. The van der Waals surface area contributed by atoms with Crippen molar-refractivity contribution in [3.8, 4) is 0 Å². The van der Waals surface area contributed by atoms with Crippen LogP contribution >= 0.6 is 11.6 Å². The van der Waals surface area contributed by atoms with Crippen LogP contribution in [0.3, 0.4) is 0 Å². The van der Waals surface area contributed by atoms with Gasteiger partial charge in [-0.1, -0.05) is 28.9 Å². The molecule has 21 heavy (non-hydrogen) atoms. The molecule has 1 N–H and O–H groups in total. The van der Waals surface area contributed by atoms with Gasteiger partial charge in [0.15, 0.2) is 5.82 Å². The molecule has 2 aromatic rings. The number of ether oxygens (including phenoxy) is 1. The minimum absolute atomic E-state index is 0.448. The average molecular weight is 308 g/mol. The Balaban J connectivity index is 1.77. The van der Waals surface area contributed by atoms with Crippen LogP contribution in [0.15, 0.2) is 28.8 Å². The summed E-state index contributed by atoms with van der Waals surface area (Å²) < 4.78 is 11.1. The highest BCUT2D eigenvalue weighted by Crippen LogP contribution is 2.33. The fourth-order valence-corrected chi connectivity index (χ4v) is 2.76. The Morgan fingerprint density at radius 2 is 2.00 bits per heavy atom. The molecule has 1 aromatic carbocycles. The number of benzene rings is 1. The first-order chi connectivity index (χ1) is 10.2. The lowest BCUT2D eigenvalue weighted by Crippen LogP contribution is -2.41. The molecule has 3 rings (SSSR count). The number of aromatic nitrogens is 2. The van der Waals surface area contributed by atoms with E-state index in [1.807, 2.05) is 24.3 Å².